The molecule has 0 aromatic heterocycles. The number of hydrogen-bond acceptors (Lipinski definition) is 3. The van der Waals surface area contributed by atoms with E-state index in [4.69, 9.17) is 11.5 Å². The highest BCUT2D eigenvalue weighted by atomic mass is 16.2. The second-order valence-corrected chi connectivity index (χ2v) is 6.34. The standard InChI is InChI=1S/C14H25N3O2/c1-14(8-2-3-11(14)15)13(19)17-10-6-4-9(5-7-10)12(16)18/h9-11H,2-8,15H2,1H3,(H2,16,18)(H,17,19). The fourth-order valence-electron chi connectivity index (χ4n) is 3.35. The Labute approximate surface area is 114 Å². The van der Waals surface area contributed by atoms with Crippen LogP contribution >= 0.6 is 0 Å². The molecule has 5 N–H and O–H groups in total. The van der Waals surface area contributed by atoms with E-state index in [1.807, 2.05) is 6.92 Å². The van der Waals surface area contributed by atoms with Gasteiger partial charge in [-0.05, 0) is 45.4 Å². The summed E-state index contributed by atoms with van der Waals surface area (Å²) in [6.45, 7) is 1.97. The normalized spacial score (nSPS) is 38.9. The third kappa shape index (κ3) is 2.91. The Hall–Kier alpha value is -1.10. The molecule has 108 valence electrons. The average molecular weight is 267 g/mol. The molecular weight excluding hydrogens is 242 g/mol. The zero-order valence-electron chi connectivity index (χ0n) is 11.7. The van der Waals surface area contributed by atoms with Crippen molar-refractivity contribution >= 4 is 11.8 Å². The maximum Gasteiger partial charge on any atom is 0.227 e. The summed E-state index contributed by atoms with van der Waals surface area (Å²) in [7, 11) is 0. The molecule has 0 spiro atoms. The van der Waals surface area contributed by atoms with Crippen LogP contribution in [0.25, 0.3) is 0 Å². The van der Waals surface area contributed by atoms with E-state index in [1.165, 1.54) is 0 Å². The van der Waals surface area contributed by atoms with Crippen LogP contribution in [0.3, 0.4) is 0 Å². The second-order valence-electron chi connectivity index (χ2n) is 6.34. The summed E-state index contributed by atoms with van der Waals surface area (Å²) >= 11 is 0. The Bertz CT molecular complexity index is 364. The number of amides is 2. The quantitative estimate of drug-likeness (QED) is 0.700. The highest BCUT2D eigenvalue weighted by Crippen LogP contribution is 2.37. The monoisotopic (exact) mass is 267 g/mol. The number of carbonyl (C=O) groups excluding carboxylic acids is 2. The van der Waals surface area contributed by atoms with Gasteiger partial charge < -0.3 is 16.8 Å². The van der Waals surface area contributed by atoms with Crippen molar-refractivity contribution in [3.05, 3.63) is 0 Å². The van der Waals surface area contributed by atoms with E-state index in [2.05, 4.69) is 5.32 Å². The minimum Gasteiger partial charge on any atom is -0.369 e. The Morgan fingerprint density at radius 2 is 1.79 bits per heavy atom. The van der Waals surface area contributed by atoms with E-state index >= 15 is 0 Å². The van der Waals surface area contributed by atoms with Crippen molar-refractivity contribution in [2.75, 3.05) is 0 Å². The summed E-state index contributed by atoms with van der Waals surface area (Å²) in [6, 6.07) is 0.141. The molecule has 2 unspecified atom stereocenters. The summed E-state index contributed by atoms with van der Waals surface area (Å²) in [5, 5.41) is 3.12. The largest absolute Gasteiger partial charge is 0.369 e. The third-order valence-electron chi connectivity index (χ3n) is 5.01. The van der Waals surface area contributed by atoms with E-state index in [0.717, 1.165) is 44.9 Å². The van der Waals surface area contributed by atoms with Crippen molar-refractivity contribution in [1.29, 1.82) is 0 Å². The van der Waals surface area contributed by atoms with E-state index in [1.54, 1.807) is 0 Å². The highest BCUT2D eigenvalue weighted by molar-refractivity contribution is 5.83. The number of rotatable bonds is 3. The fraction of sp³-hybridized carbons (Fsp3) is 0.857. The Morgan fingerprint density at radius 3 is 2.26 bits per heavy atom. The molecule has 0 aromatic rings. The highest BCUT2D eigenvalue weighted by Gasteiger charge is 2.43. The van der Waals surface area contributed by atoms with Crippen molar-refractivity contribution in [3.63, 3.8) is 0 Å². The van der Waals surface area contributed by atoms with Crippen molar-refractivity contribution in [3.8, 4) is 0 Å². The number of nitrogens with two attached hydrogens (primary N) is 2. The van der Waals surface area contributed by atoms with Gasteiger partial charge in [0.2, 0.25) is 11.8 Å². The van der Waals surface area contributed by atoms with Gasteiger partial charge in [0.05, 0.1) is 5.41 Å². The van der Waals surface area contributed by atoms with Crippen LogP contribution in [-0.4, -0.2) is 23.9 Å². The SMILES string of the molecule is CC1(C(=O)NC2CCC(C(N)=O)CC2)CCCC1N. The van der Waals surface area contributed by atoms with E-state index in [9.17, 15) is 9.59 Å². The van der Waals surface area contributed by atoms with Gasteiger partial charge in [0.1, 0.15) is 0 Å². The number of carbonyl (C=O) groups is 2. The molecule has 19 heavy (non-hydrogen) atoms. The molecule has 2 amide bonds. The summed E-state index contributed by atoms with van der Waals surface area (Å²) in [5.74, 6) is -0.146. The van der Waals surface area contributed by atoms with Gasteiger partial charge in [-0.2, -0.15) is 0 Å². The molecule has 0 saturated heterocycles. The van der Waals surface area contributed by atoms with Crippen molar-refractivity contribution in [2.45, 2.75) is 64.0 Å². The van der Waals surface area contributed by atoms with Gasteiger partial charge >= 0.3 is 0 Å². The lowest BCUT2D eigenvalue weighted by Gasteiger charge is -2.33. The van der Waals surface area contributed by atoms with Crippen LogP contribution in [0, 0.1) is 11.3 Å². The first-order valence-corrected chi connectivity index (χ1v) is 7.29. The molecule has 2 fully saturated rings. The Balaban J connectivity index is 1.86. The minimum atomic E-state index is -0.416. The number of nitrogens with one attached hydrogen (secondary N) is 1. The summed E-state index contributed by atoms with van der Waals surface area (Å²) < 4.78 is 0. The smallest absolute Gasteiger partial charge is 0.227 e. The topological polar surface area (TPSA) is 98.2 Å². The molecule has 0 radical (unpaired) electrons. The first-order valence-electron chi connectivity index (χ1n) is 7.29. The molecule has 0 aromatic carbocycles. The van der Waals surface area contributed by atoms with Gasteiger partial charge in [-0.25, -0.2) is 0 Å². The van der Waals surface area contributed by atoms with Gasteiger partial charge in [-0.1, -0.05) is 6.42 Å². The van der Waals surface area contributed by atoms with E-state index in [0.29, 0.717) is 0 Å². The Morgan fingerprint density at radius 1 is 1.16 bits per heavy atom. The fourth-order valence-corrected chi connectivity index (χ4v) is 3.35. The van der Waals surface area contributed by atoms with E-state index < -0.39 is 5.41 Å². The third-order valence-corrected chi connectivity index (χ3v) is 5.01. The molecule has 0 bridgehead atoms. The minimum absolute atomic E-state index is 0.0162. The molecule has 0 heterocycles. The molecular formula is C14H25N3O2. The van der Waals surface area contributed by atoms with Crippen LogP contribution < -0.4 is 16.8 Å². The van der Waals surface area contributed by atoms with Gasteiger partial charge in [0.25, 0.3) is 0 Å². The molecule has 0 aliphatic heterocycles. The number of hydrogen-bond donors (Lipinski definition) is 3. The lowest BCUT2D eigenvalue weighted by atomic mass is 9.82. The average Bonchev–Trinajstić information content (AvgIpc) is 2.71. The lowest BCUT2D eigenvalue weighted by molar-refractivity contribution is -0.131. The van der Waals surface area contributed by atoms with Crippen molar-refractivity contribution < 1.29 is 9.59 Å². The van der Waals surface area contributed by atoms with Crippen LogP contribution in [0.2, 0.25) is 0 Å². The van der Waals surface area contributed by atoms with Crippen LogP contribution in [0.4, 0.5) is 0 Å². The van der Waals surface area contributed by atoms with Gasteiger partial charge in [0.15, 0.2) is 0 Å². The first-order chi connectivity index (χ1) is 8.93. The zero-order valence-corrected chi connectivity index (χ0v) is 11.7. The van der Waals surface area contributed by atoms with Gasteiger partial charge in [-0.15, -0.1) is 0 Å². The van der Waals surface area contributed by atoms with Gasteiger partial charge in [-0.3, -0.25) is 9.59 Å². The predicted octanol–water partition coefficient (Wildman–Crippen LogP) is 0.664. The molecule has 2 rings (SSSR count). The number of primary amides is 1. The van der Waals surface area contributed by atoms with E-state index in [-0.39, 0.29) is 29.8 Å². The lowest BCUT2D eigenvalue weighted by Crippen LogP contribution is -2.51. The molecule has 2 atom stereocenters. The summed E-state index contributed by atoms with van der Waals surface area (Å²) in [5.41, 5.74) is 11.0. The Kier molecular flexibility index (Phi) is 4.13. The van der Waals surface area contributed by atoms with Crippen LogP contribution in [0.15, 0.2) is 0 Å². The van der Waals surface area contributed by atoms with Gasteiger partial charge in [0, 0.05) is 18.0 Å². The summed E-state index contributed by atoms with van der Waals surface area (Å²) in [6.07, 6.45) is 6.07. The second kappa shape index (κ2) is 5.49. The molecule has 2 aliphatic rings. The molecule has 5 nitrogen and oxygen atoms in total. The maximum absolute atomic E-state index is 12.4. The van der Waals surface area contributed by atoms with Crippen molar-refractivity contribution in [1.82, 2.24) is 5.32 Å². The van der Waals surface area contributed by atoms with Crippen LogP contribution in [0.5, 0.6) is 0 Å². The zero-order chi connectivity index (χ0) is 14.0. The summed E-state index contributed by atoms with van der Waals surface area (Å²) in [4.78, 5) is 23.5. The predicted molar refractivity (Wildman–Crippen MR) is 73.0 cm³/mol. The maximum atomic E-state index is 12.4. The van der Waals surface area contributed by atoms with Crippen LogP contribution in [0.1, 0.15) is 51.9 Å². The molecule has 5 heteroatoms. The van der Waals surface area contributed by atoms with Crippen LogP contribution in [-0.2, 0) is 9.59 Å². The first kappa shape index (κ1) is 14.3. The molecule has 2 saturated carbocycles. The van der Waals surface area contributed by atoms with Crippen molar-refractivity contribution in [2.24, 2.45) is 22.8 Å². The molecule has 2 aliphatic carbocycles.